The summed E-state index contributed by atoms with van der Waals surface area (Å²) in [7, 11) is -4.01. The first kappa shape index (κ1) is 15.3. The summed E-state index contributed by atoms with van der Waals surface area (Å²) in [5, 5.41) is 4.86. The summed E-state index contributed by atoms with van der Waals surface area (Å²) in [6.07, 6.45) is 0. The van der Waals surface area contributed by atoms with Crippen molar-refractivity contribution in [3.63, 3.8) is 0 Å². The van der Waals surface area contributed by atoms with Gasteiger partial charge in [-0.3, -0.25) is 0 Å². The van der Waals surface area contributed by atoms with E-state index < -0.39 is 27.5 Å². The molecule has 8 heteroatoms. The van der Waals surface area contributed by atoms with Gasteiger partial charge in [0.15, 0.2) is 23.2 Å². The van der Waals surface area contributed by atoms with Crippen LogP contribution in [0.1, 0.15) is 5.56 Å². The Morgan fingerprint density at radius 1 is 0.952 bits per heavy atom. The molecule has 21 heavy (non-hydrogen) atoms. The van der Waals surface area contributed by atoms with Gasteiger partial charge in [-0.05, 0) is 35.9 Å². The van der Waals surface area contributed by atoms with Crippen molar-refractivity contribution in [3.05, 3.63) is 59.4 Å². The van der Waals surface area contributed by atoms with Crippen LogP contribution in [-0.4, -0.2) is 8.42 Å². The van der Waals surface area contributed by atoms with Gasteiger partial charge in [-0.1, -0.05) is 6.07 Å². The number of hydrogen-bond donors (Lipinski definition) is 1. The van der Waals surface area contributed by atoms with Crippen molar-refractivity contribution in [1.82, 2.24) is 0 Å². The summed E-state index contributed by atoms with van der Waals surface area (Å²) in [4.78, 5) is -0.389. The monoisotopic (exact) mass is 317 g/mol. The molecule has 0 unspecified atom stereocenters. The molecule has 0 aliphatic rings. The SMILES string of the molecule is NS(=O)(=O)c1ccc(OCc2ccc(F)c(F)c2)c(F)c1. The van der Waals surface area contributed by atoms with Crippen LogP contribution in [-0.2, 0) is 16.6 Å². The average molecular weight is 317 g/mol. The fourth-order valence-electron chi connectivity index (χ4n) is 1.57. The normalized spacial score (nSPS) is 11.4. The topological polar surface area (TPSA) is 69.4 Å². The number of primary sulfonamides is 1. The van der Waals surface area contributed by atoms with Gasteiger partial charge < -0.3 is 4.74 Å². The lowest BCUT2D eigenvalue weighted by atomic mass is 10.2. The zero-order chi connectivity index (χ0) is 15.6. The molecule has 0 amide bonds. The molecule has 0 spiro atoms. The molecule has 0 heterocycles. The lowest BCUT2D eigenvalue weighted by molar-refractivity contribution is 0.289. The molecule has 0 atom stereocenters. The van der Waals surface area contributed by atoms with Gasteiger partial charge in [0, 0.05) is 0 Å². The molecule has 2 aromatic carbocycles. The van der Waals surface area contributed by atoms with E-state index in [0.717, 1.165) is 30.3 Å². The second kappa shape index (κ2) is 5.74. The van der Waals surface area contributed by atoms with Gasteiger partial charge in [0.25, 0.3) is 0 Å². The van der Waals surface area contributed by atoms with Crippen LogP contribution in [0.15, 0.2) is 41.3 Å². The highest BCUT2D eigenvalue weighted by Gasteiger charge is 2.12. The molecule has 2 N–H and O–H groups in total. The standard InChI is InChI=1S/C13H10F3NO3S/c14-10-3-1-8(5-11(10)15)7-20-13-4-2-9(6-12(13)16)21(17,18)19/h1-6H,7H2,(H2,17,18,19). The Bertz CT molecular complexity index is 778. The minimum absolute atomic E-state index is 0.206. The van der Waals surface area contributed by atoms with Crippen molar-refractivity contribution in [2.45, 2.75) is 11.5 Å². The Hall–Kier alpha value is -2.06. The highest BCUT2D eigenvalue weighted by atomic mass is 32.2. The van der Waals surface area contributed by atoms with E-state index in [2.05, 4.69) is 0 Å². The number of hydrogen-bond acceptors (Lipinski definition) is 3. The quantitative estimate of drug-likeness (QED) is 0.941. The number of benzene rings is 2. The van der Waals surface area contributed by atoms with E-state index in [-0.39, 0.29) is 17.3 Å². The van der Waals surface area contributed by atoms with Crippen molar-refractivity contribution < 1.29 is 26.3 Å². The summed E-state index contributed by atoms with van der Waals surface area (Å²) in [6, 6.07) is 6.03. The van der Waals surface area contributed by atoms with Crippen LogP contribution in [0.2, 0.25) is 0 Å². The first-order valence-electron chi connectivity index (χ1n) is 5.66. The Morgan fingerprint density at radius 2 is 1.67 bits per heavy atom. The maximum Gasteiger partial charge on any atom is 0.238 e. The average Bonchev–Trinajstić information content (AvgIpc) is 2.40. The fraction of sp³-hybridized carbons (Fsp3) is 0.0769. The molecule has 4 nitrogen and oxygen atoms in total. The summed E-state index contributed by atoms with van der Waals surface area (Å²) in [5.74, 6) is -3.19. The highest BCUT2D eigenvalue weighted by Crippen LogP contribution is 2.21. The van der Waals surface area contributed by atoms with Crippen LogP contribution in [0.4, 0.5) is 13.2 Å². The largest absolute Gasteiger partial charge is 0.486 e. The predicted octanol–water partition coefficient (Wildman–Crippen LogP) is 2.33. The van der Waals surface area contributed by atoms with Crippen molar-refractivity contribution >= 4 is 10.0 Å². The molecule has 0 saturated carbocycles. The van der Waals surface area contributed by atoms with E-state index >= 15 is 0 Å². The summed E-state index contributed by atoms with van der Waals surface area (Å²) >= 11 is 0. The van der Waals surface area contributed by atoms with Crippen molar-refractivity contribution in [2.24, 2.45) is 5.14 Å². The highest BCUT2D eigenvalue weighted by molar-refractivity contribution is 7.89. The molecule has 112 valence electrons. The molecule has 0 aliphatic heterocycles. The first-order valence-corrected chi connectivity index (χ1v) is 7.21. The van der Waals surface area contributed by atoms with Gasteiger partial charge in [-0.2, -0.15) is 0 Å². The molecule has 2 rings (SSSR count). The Labute approximate surface area is 119 Å². The molecule has 0 bridgehead atoms. The van der Waals surface area contributed by atoms with E-state index in [1.807, 2.05) is 0 Å². The van der Waals surface area contributed by atoms with E-state index in [1.165, 1.54) is 6.07 Å². The van der Waals surface area contributed by atoms with Gasteiger partial charge >= 0.3 is 0 Å². The zero-order valence-electron chi connectivity index (χ0n) is 10.5. The smallest absolute Gasteiger partial charge is 0.238 e. The van der Waals surface area contributed by atoms with Gasteiger partial charge in [0.2, 0.25) is 10.0 Å². The molecule has 0 saturated heterocycles. The minimum atomic E-state index is -4.01. The van der Waals surface area contributed by atoms with Crippen molar-refractivity contribution in [1.29, 1.82) is 0 Å². The fourth-order valence-corrected chi connectivity index (χ4v) is 2.09. The molecule has 0 radical (unpaired) electrons. The van der Waals surface area contributed by atoms with Gasteiger partial charge in [-0.25, -0.2) is 26.7 Å². The van der Waals surface area contributed by atoms with E-state index in [1.54, 1.807) is 0 Å². The van der Waals surface area contributed by atoms with Crippen LogP contribution in [0.25, 0.3) is 0 Å². The number of rotatable bonds is 4. The number of halogens is 3. The van der Waals surface area contributed by atoms with E-state index in [0.29, 0.717) is 5.56 Å². The van der Waals surface area contributed by atoms with E-state index in [4.69, 9.17) is 9.88 Å². The predicted molar refractivity (Wildman–Crippen MR) is 68.5 cm³/mol. The van der Waals surface area contributed by atoms with Crippen LogP contribution < -0.4 is 9.88 Å². The molecular weight excluding hydrogens is 307 g/mol. The van der Waals surface area contributed by atoms with Gasteiger partial charge in [0.05, 0.1) is 4.90 Å². The Balaban J connectivity index is 2.15. The molecule has 0 aliphatic carbocycles. The van der Waals surface area contributed by atoms with Gasteiger partial charge in [0.1, 0.15) is 6.61 Å². The number of ether oxygens (including phenoxy) is 1. The number of sulfonamides is 1. The molecule has 0 fully saturated rings. The van der Waals surface area contributed by atoms with Crippen molar-refractivity contribution in [2.75, 3.05) is 0 Å². The van der Waals surface area contributed by atoms with Crippen LogP contribution in [0.5, 0.6) is 5.75 Å². The summed E-state index contributed by atoms with van der Waals surface area (Å²) in [6.45, 7) is -0.206. The van der Waals surface area contributed by atoms with Crippen molar-refractivity contribution in [3.8, 4) is 5.75 Å². The molecule has 2 aromatic rings. The summed E-state index contributed by atoms with van der Waals surface area (Å²) < 4.78 is 66.5. The Morgan fingerprint density at radius 3 is 2.24 bits per heavy atom. The minimum Gasteiger partial charge on any atom is -0.486 e. The first-order chi connectivity index (χ1) is 9.77. The number of nitrogens with two attached hydrogens (primary N) is 1. The lowest BCUT2D eigenvalue weighted by Crippen LogP contribution is -2.12. The van der Waals surface area contributed by atoms with Gasteiger partial charge in [-0.15, -0.1) is 0 Å². The maximum absolute atomic E-state index is 13.6. The third kappa shape index (κ3) is 3.73. The summed E-state index contributed by atoms with van der Waals surface area (Å²) in [5.41, 5.74) is 0.295. The maximum atomic E-state index is 13.6. The second-order valence-corrected chi connectivity index (χ2v) is 5.74. The van der Waals surface area contributed by atoms with Crippen LogP contribution in [0.3, 0.4) is 0 Å². The third-order valence-electron chi connectivity index (χ3n) is 2.61. The van der Waals surface area contributed by atoms with E-state index in [9.17, 15) is 21.6 Å². The Kier molecular flexibility index (Phi) is 4.19. The third-order valence-corrected chi connectivity index (χ3v) is 3.52. The second-order valence-electron chi connectivity index (χ2n) is 4.17. The molecular formula is C13H10F3NO3S. The van der Waals surface area contributed by atoms with Crippen LogP contribution in [0, 0.1) is 17.5 Å². The zero-order valence-corrected chi connectivity index (χ0v) is 11.3. The lowest BCUT2D eigenvalue weighted by Gasteiger charge is -2.08. The van der Waals surface area contributed by atoms with Crippen LogP contribution >= 0.6 is 0 Å². The molecule has 0 aromatic heterocycles.